The van der Waals surface area contributed by atoms with Crippen LogP contribution in [0.2, 0.25) is 0 Å². The van der Waals surface area contributed by atoms with Crippen LogP contribution in [0.15, 0.2) is 30.3 Å². The van der Waals surface area contributed by atoms with Crippen LogP contribution < -0.4 is 4.74 Å². The normalized spacial score (nSPS) is 14.6. The molecule has 0 aliphatic carbocycles. The van der Waals surface area contributed by atoms with Crippen LogP contribution in [-0.4, -0.2) is 49.6 Å². The van der Waals surface area contributed by atoms with Gasteiger partial charge in [-0.05, 0) is 33.2 Å². The van der Waals surface area contributed by atoms with E-state index in [2.05, 4.69) is 0 Å². The topological polar surface area (TPSA) is 41.9 Å². The lowest BCUT2D eigenvalue weighted by atomic mass is 10.3. The molecule has 0 fully saturated rings. The van der Waals surface area contributed by atoms with Crippen molar-refractivity contribution in [2.75, 3.05) is 27.2 Å². The van der Waals surface area contributed by atoms with Crippen molar-refractivity contribution in [1.29, 1.82) is 0 Å². The quantitative estimate of drug-likeness (QED) is 0.729. The molecule has 17 heavy (non-hydrogen) atoms. The summed E-state index contributed by atoms with van der Waals surface area (Å²) in [6.45, 7) is 2.90. The number of para-hydroxylation sites is 1. The van der Waals surface area contributed by atoms with E-state index in [0.29, 0.717) is 13.2 Å². The molecule has 0 radical (unpaired) electrons. The maximum absolute atomic E-state index is 9.85. The van der Waals surface area contributed by atoms with Crippen molar-refractivity contribution >= 4 is 0 Å². The molecule has 0 amide bonds. The van der Waals surface area contributed by atoms with E-state index in [-0.39, 0.29) is 0 Å². The molecule has 1 aromatic carbocycles. The summed E-state index contributed by atoms with van der Waals surface area (Å²) in [5, 5.41) is 9.85. The Labute approximate surface area is 103 Å². The molecule has 0 aromatic heterocycles. The minimum absolute atomic E-state index is 0.396. The van der Waals surface area contributed by atoms with Gasteiger partial charge in [-0.15, -0.1) is 0 Å². The van der Waals surface area contributed by atoms with E-state index < -0.39 is 12.4 Å². The summed E-state index contributed by atoms with van der Waals surface area (Å²) >= 11 is 0. The lowest BCUT2D eigenvalue weighted by Gasteiger charge is -2.26. The van der Waals surface area contributed by atoms with E-state index in [1.165, 1.54) is 0 Å². The van der Waals surface area contributed by atoms with E-state index in [0.717, 1.165) is 5.75 Å². The zero-order valence-corrected chi connectivity index (χ0v) is 10.7. The number of rotatable bonds is 7. The van der Waals surface area contributed by atoms with Crippen LogP contribution in [0.5, 0.6) is 5.75 Å². The molecule has 0 saturated carbocycles. The Hall–Kier alpha value is -1.10. The number of likely N-dealkylation sites (N-methyl/N-ethyl adjacent to an activating group) is 1. The molecule has 4 nitrogen and oxygen atoms in total. The molecule has 96 valence electrons. The third-order valence-electron chi connectivity index (χ3n) is 2.23. The van der Waals surface area contributed by atoms with Gasteiger partial charge in [-0.25, -0.2) is 0 Å². The fraction of sp³-hybridized carbons (Fsp3) is 0.538. The van der Waals surface area contributed by atoms with Gasteiger partial charge in [-0.1, -0.05) is 18.2 Å². The summed E-state index contributed by atoms with van der Waals surface area (Å²) in [6.07, 6.45) is -1.31. The van der Waals surface area contributed by atoms with Gasteiger partial charge in [0, 0.05) is 13.2 Å². The maximum Gasteiger partial charge on any atom is 0.193 e. The van der Waals surface area contributed by atoms with Gasteiger partial charge < -0.3 is 19.5 Å². The summed E-state index contributed by atoms with van der Waals surface area (Å²) in [6, 6.07) is 9.44. The van der Waals surface area contributed by atoms with Gasteiger partial charge in [0.05, 0.1) is 0 Å². The largest absolute Gasteiger partial charge is 0.484 e. The second-order valence-corrected chi connectivity index (χ2v) is 4.08. The highest BCUT2D eigenvalue weighted by molar-refractivity contribution is 5.21. The lowest BCUT2D eigenvalue weighted by molar-refractivity contribution is -0.153. The van der Waals surface area contributed by atoms with E-state index in [9.17, 15) is 5.11 Å². The van der Waals surface area contributed by atoms with E-state index in [4.69, 9.17) is 9.47 Å². The molecule has 1 N–H and O–H groups in total. The zero-order chi connectivity index (χ0) is 12.7. The van der Waals surface area contributed by atoms with Crippen LogP contribution in [-0.2, 0) is 4.74 Å². The summed E-state index contributed by atoms with van der Waals surface area (Å²) in [7, 11) is 3.86. The van der Waals surface area contributed by atoms with Gasteiger partial charge >= 0.3 is 0 Å². The van der Waals surface area contributed by atoms with Crippen LogP contribution in [0.1, 0.15) is 6.92 Å². The van der Waals surface area contributed by atoms with Crippen LogP contribution in [0, 0.1) is 0 Å². The van der Waals surface area contributed by atoms with Gasteiger partial charge in [0.25, 0.3) is 0 Å². The van der Waals surface area contributed by atoms with Crippen molar-refractivity contribution in [3.63, 3.8) is 0 Å². The molecule has 4 heteroatoms. The Morgan fingerprint density at radius 2 is 1.88 bits per heavy atom. The average molecular weight is 239 g/mol. The predicted octanol–water partition coefficient (Wildman–Crippen LogP) is 1.35. The van der Waals surface area contributed by atoms with Crippen molar-refractivity contribution in [2.45, 2.75) is 19.3 Å². The maximum atomic E-state index is 9.85. The van der Waals surface area contributed by atoms with Crippen molar-refractivity contribution in [2.24, 2.45) is 0 Å². The predicted molar refractivity (Wildman–Crippen MR) is 67.0 cm³/mol. The number of hydrogen-bond donors (Lipinski definition) is 1. The fourth-order valence-electron chi connectivity index (χ4n) is 1.50. The van der Waals surface area contributed by atoms with Gasteiger partial charge in [0.15, 0.2) is 12.4 Å². The van der Waals surface area contributed by atoms with Crippen molar-refractivity contribution in [1.82, 2.24) is 4.90 Å². The molecule has 2 atom stereocenters. The molecule has 0 aliphatic rings. The molecule has 0 aliphatic heterocycles. The number of hydrogen-bond acceptors (Lipinski definition) is 4. The Kier molecular flexibility index (Phi) is 5.97. The Morgan fingerprint density at radius 1 is 1.24 bits per heavy atom. The summed E-state index contributed by atoms with van der Waals surface area (Å²) in [5.74, 6) is 0.734. The third-order valence-corrected chi connectivity index (χ3v) is 2.23. The lowest BCUT2D eigenvalue weighted by Crippen LogP contribution is -2.41. The second-order valence-electron chi connectivity index (χ2n) is 4.08. The van der Waals surface area contributed by atoms with Crippen molar-refractivity contribution in [3.8, 4) is 5.75 Å². The smallest absolute Gasteiger partial charge is 0.193 e. The molecule has 0 bridgehead atoms. The van der Waals surface area contributed by atoms with Gasteiger partial charge in [-0.3, -0.25) is 0 Å². The Balaban J connectivity index is 2.63. The molecule has 0 heterocycles. The third kappa shape index (κ3) is 5.17. The molecule has 0 saturated heterocycles. The number of aliphatic hydroxyl groups is 1. The number of nitrogens with zero attached hydrogens (tertiary/aromatic N) is 1. The SMILES string of the molecule is CCOC(O)C(CN(C)C)Oc1ccccc1. The van der Waals surface area contributed by atoms with Gasteiger partial charge in [0.2, 0.25) is 0 Å². The first-order valence-electron chi connectivity index (χ1n) is 5.79. The first-order chi connectivity index (χ1) is 8.13. The minimum Gasteiger partial charge on any atom is -0.484 e. The molecule has 2 unspecified atom stereocenters. The van der Waals surface area contributed by atoms with E-state index in [1.54, 1.807) is 0 Å². The summed E-state index contributed by atoms with van der Waals surface area (Å²) in [5.41, 5.74) is 0. The molecule has 1 rings (SSSR count). The van der Waals surface area contributed by atoms with Gasteiger partial charge in [0.1, 0.15) is 5.75 Å². The first kappa shape index (κ1) is 14.0. The van der Waals surface area contributed by atoms with Crippen LogP contribution in [0.4, 0.5) is 0 Å². The standard InChI is InChI=1S/C13H21NO3/c1-4-16-13(15)12(10-14(2)3)17-11-8-6-5-7-9-11/h5-9,12-13,15H,4,10H2,1-3H3. The fourth-order valence-corrected chi connectivity index (χ4v) is 1.50. The number of aliphatic hydroxyl groups excluding tert-OH is 1. The van der Waals surface area contributed by atoms with E-state index in [1.807, 2.05) is 56.3 Å². The highest BCUT2D eigenvalue weighted by atomic mass is 16.6. The molecular weight excluding hydrogens is 218 g/mol. The first-order valence-corrected chi connectivity index (χ1v) is 5.79. The van der Waals surface area contributed by atoms with Crippen LogP contribution in [0.25, 0.3) is 0 Å². The Bertz CT molecular complexity index is 303. The van der Waals surface area contributed by atoms with Crippen molar-refractivity contribution in [3.05, 3.63) is 30.3 Å². The van der Waals surface area contributed by atoms with E-state index >= 15 is 0 Å². The average Bonchev–Trinajstić information content (AvgIpc) is 2.29. The number of benzene rings is 1. The monoisotopic (exact) mass is 239 g/mol. The highest BCUT2D eigenvalue weighted by Crippen LogP contribution is 2.13. The van der Waals surface area contributed by atoms with Crippen molar-refractivity contribution < 1.29 is 14.6 Å². The minimum atomic E-state index is -0.914. The summed E-state index contributed by atoms with van der Waals surface area (Å²) in [4.78, 5) is 1.95. The second kappa shape index (κ2) is 7.27. The highest BCUT2D eigenvalue weighted by Gasteiger charge is 2.22. The zero-order valence-electron chi connectivity index (χ0n) is 10.7. The molecule has 0 spiro atoms. The van der Waals surface area contributed by atoms with Crippen LogP contribution in [0.3, 0.4) is 0 Å². The van der Waals surface area contributed by atoms with Crippen LogP contribution >= 0.6 is 0 Å². The molecule has 1 aromatic rings. The molecular formula is C13H21NO3. The Morgan fingerprint density at radius 3 is 2.41 bits per heavy atom. The summed E-state index contributed by atoms with van der Waals surface area (Å²) < 4.78 is 10.9. The van der Waals surface area contributed by atoms with Gasteiger partial charge in [-0.2, -0.15) is 0 Å². The number of ether oxygens (including phenoxy) is 2.